The first kappa shape index (κ1) is 9.40. The Bertz CT molecular complexity index is 322. The zero-order valence-corrected chi connectivity index (χ0v) is 8.45. The Kier molecular flexibility index (Phi) is 2.63. The molecule has 0 amide bonds. The smallest absolute Gasteiger partial charge is 0.222 e. The van der Waals surface area contributed by atoms with Gasteiger partial charge in [-0.3, -0.25) is 0 Å². The number of rotatable bonds is 3. The molecule has 1 aliphatic carbocycles. The summed E-state index contributed by atoms with van der Waals surface area (Å²) < 4.78 is 0. The molecule has 1 unspecified atom stereocenters. The molecular formula is C10H16N4. The third-order valence-electron chi connectivity index (χ3n) is 2.40. The molecule has 2 rings (SSSR count). The van der Waals surface area contributed by atoms with Gasteiger partial charge in [0.25, 0.3) is 0 Å². The van der Waals surface area contributed by atoms with E-state index >= 15 is 0 Å². The SMILES string of the molecule is CC(N)CNc1ncc2c(n1)CCC2. The van der Waals surface area contributed by atoms with Crippen LogP contribution in [0.5, 0.6) is 0 Å². The van der Waals surface area contributed by atoms with E-state index in [1.54, 1.807) is 0 Å². The van der Waals surface area contributed by atoms with Gasteiger partial charge in [-0.2, -0.15) is 0 Å². The van der Waals surface area contributed by atoms with Crippen LogP contribution in [-0.4, -0.2) is 22.6 Å². The van der Waals surface area contributed by atoms with Crippen molar-refractivity contribution in [1.82, 2.24) is 9.97 Å². The largest absolute Gasteiger partial charge is 0.353 e. The van der Waals surface area contributed by atoms with Gasteiger partial charge in [-0.05, 0) is 31.7 Å². The summed E-state index contributed by atoms with van der Waals surface area (Å²) in [7, 11) is 0. The van der Waals surface area contributed by atoms with Crippen molar-refractivity contribution in [3.63, 3.8) is 0 Å². The number of fused-ring (bicyclic) bond motifs is 1. The minimum Gasteiger partial charge on any atom is -0.353 e. The number of anilines is 1. The summed E-state index contributed by atoms with van der Waals surface area (Å²) in [6.07, 6.45) is 5.35. The van der Waals surface area contributed by atoms with Gasteiger partial charge < -0.3 is 11.1 Å². The highest BCUT2D eigenvalue weighted by Crippen LogP contribution is 2.19. The second kappa shape index (κ2) is 3.92. The third kappa shape index (κ3) is 2.01. The van der Waals surface area contributed by atoms with E-state index in [-0.39, 0.29) is 6.04 Å². The van der Waals surface area contributed by atoms with Crippen molar-refractivity contribution in [2.75, 3.05) is 11.9 Å². The van der Waals surface area contributed by atoms with E-state index < -0.39 is 0 Å². The monoisotopic (exact) mass is 192 g/mol. The lowest BCUT2D eigenvalue weighted by molar-refractivity contribution is 0.772. The van der Waals surface area contributed by atoms with Crippen LogP contribution in [0.1, 0.15) is 24.6 Å². The molecule has 0 bridgehead atoms. The number of nitrogens with zero attached hydrogens (tertiary/aromatic N) is 2. The van der Waals surface area contributed by atoms with Gasteiger partial charge in [0.1, 0.15) is 0 Å². The van der Waals surface area contributed by atoms with Crippen LogP contribution in [-0.2, 0) is 12.8 Å². The number of aromatic nitrogens is 2. The average molecular weight is 192 g/mol. The molecule has 4 heteroatoms. The van der Waals surface area contributed by atoms with Crippen molar-refractivity contribution >= 4 is 5.95 Å². The van der Waals surface area contributed by atoms with E-state index in [0.717, 1.165) is 19.4 Å². The second-order valence-corrected chi connectivity index (χ2v) is 3.88. The lowest BCUT2D eigenvalue weighted by Crippen LogP contribution is -2.26. The molecule has 4 nitrogen and oxygen atoms in total. The van der Waals surface area contributed by atoms with E-state index in [0.29, 0.717) is 5.95 Å². The molecule has 1 aliphatic rings. The topological polar surface area (TPSA) is 63.8 Å². The summed E-state index contributed by atoms with van der Waals surface area (Å²) in [5.74, 6) is 0.711. The average Bonchev–Trinajstić information content (AvgIpc) is 2.61. The highest BCUT2D eigenvalue weighted by molar-refractivity contribution is 5.32. The van der Waals surface area contributed by atoms with Crippen molar-refractivity contribution in [2.45, 2.75) is 32.2 Å². The quantitative estimate of drug-likeness (QED) is 0.741. The molecule has 1 heterocycles. The van der Waals surface area contributed by atoms with Crippen molar-refractivity contribution in [3.8, 4) is 0 Å². The molecule has 3 N–H and O–H groups in total. The Morgan fingerprint density at radius 3 is 3.21 bits per heavy atom. The maximum absolute atomic E-state index is 5.63. The van der Waals surface area contributed by atoms with Crippen LogP contribution in [0.25, 0.3) is 0 Å². The van der Waals surface area contributed by atoms with Gasteiger partial charge in [0.2, 0.25) is 5.95 Å². The molecule has 0 fully saturated rings. The highest BCUT2D eigenvalue weighted by atomic mass is 15.1. The molecule has 0 saturated carbocycles. The van der Waals surface area contributed by atoms with Crippen molar-refractivity contribution in [2.24, 2.45) is 5.73 Å². The van der Waals surface area contributed by atoms with Crippen LogP contribution in [0.15, 0.2) is 6.20 Å². The molecule has 1 aromatic rings. The van der Waals surface area contributed by atoms with Crippen LogP contribution in [0.4, 0.5) is 5.95 Å². The fourth-order valence-corrected chi connectivity index (χ4v) is 1.65. The minimum atomic E-state index is 0.131. The van der Waals surface area contributed by atoms with E-state index in [9.17, 15) is 0 Å². The van der Waals surface area contributed by atoms with Crippen LogP contribution in [0, 0.1) is 0 Å². The summed E-state index contributed by atoms with van der Waals surface area (Å²) in [5, 5.41) is 3.13. The van der Waals surface area contributed by atoms with Gasteiger partial charge in [0.05, 0.1) is 0 Å². The van der Waals surface area contributed by atoms with Gasteiger partial charge in [0.15, 0.2) is 0 Å². The standard InChI is InChI=1S/C10H16N4/c1-7(11)5-12-10-13-6-8-3-2-4-9(8)14-10/h6-7H,2-5,11H2,1H3,(H,12,13,14). The lowest BCUT2D eigenvalue weighted by Gasteiger charge is -2.08. The molecular weight excluding hydrogens is 176 g/mol. The summed E-state index contributed by atoms with van der Waals surface area (Å²) in [6.45, 7) is 2.68. The number of aryl methyl sites for hydroxylation is 2. The Hall–Kier alpha value is -1.16. The lowest BCUT2D eigenvalue weighted by atomic mass is 10.3. The maximum Gasteiger partial charge on any atom is 0.222 e. The molecule has 0 aromatic carbocycles. The fraction of sp³-hybridized carbons (Fsp3) is 0.600. The summed E-state index contributed by atoms with van der Waals surface area (Å²) in [6, 6.07) is 0.131. The minimum absolute atomic E-state index is 0.131. The van der Waals surface area contributed by atoms with Gasteiger partial charge in [-0.15, -0.1) is 0 Å². The summed E-state index contributed by atoms with van der Waals surface area (Å²) in [5.41, 5.74) is 8.14. The van der Waals surface area contributed by atoms with Crippen LogP contribution < -0.4 is 11.1 Å². The molecule has 0 spiro atoms. The van der Waals surface area contributed by atoms with Gasteiger partial charge >= 0.3 is 0 Å². The van der Waals surface area contributed by atoms with E-state index in [2.05, 4.69) is 15.3 Å². The van der Waals surface area contributed by atoms with Gasteiger partial charge in [-0.1, -0.05) is 0 Å². The first-order chi connectivity index (χ1) is 6.75. The molecule has 1 aromatic heterocycles. The summed E-state index contributed by atoms with van der Waals surface area (Å²) in [4.78, 5) is 8.69. The second-order valence-electron chi connectivity index (χ2n) is 3.88. The first-order valence-corrected chi connectivity index (χ1v) is 5.10. The van der Waals surface area contributed by atoms with Crippen LogP contribution in [0.3, 0.4) is 0 Å². The normalized spacial score (nSPS) is 16.4. The number of nitrogens with one attached hydrogen (secondary N) is 1. The van der Waals surface area contributed by atoms with E-state index in [1.165, 1.54) is 17.7 Å². The molecule has 0 aliphatic heterocycles. The molecule has 76 valence electrons. The highest BCUT2D eigenvalue weighted by Gasteiger charge is 2.13. The van der Waals surface area contributed by atoms with Crippen molar-refractivity contribution in [1.29, 1.82) is 0 Å². The van der Waals surface area contributed by atoms with E-state index in [1.807, 2.05) is 13.1 Å². The van der Waals surface area contributed by atoms with Crippen molar-refractivity contribution in [3.05, 3.63) is 17.5 Å². The fourth-order valence-electron chi connectivity index (χ4n) is 1.65. The Morgan fingerprint density at radius 1 is 1.57 bits per heavy atom. The Balaban J connectivity index is 2.05. The molecule has 1 atom stereocenters. The first-order valence-electron chi connectivity index (χ1n) is 5.10. The zero-order valence-electron chi connectivity index (χ0n) is 8.45. The van der Waals surface area contributed by atoms with Gasteiger partial charge in [0, 0.05) is 24.5 Å². The molecule has 0 saturated heterocycles. The number of nitrogens with two attached hydrogens (primary N) is 1. The molecule has 14 heavy (non-hydrogen) atoms. The predicted molar refractivity (Wildman–Crippen MR) is 56.2 cm³/mol. The number of hydrogen-bond donors (Lipinski definition) is 2. The zero-order chi connectivity index (χ0) is 9.97. The molecule has 0 radical (unpaired) electrons. The van der Waals surface area contributed by atoms with Crippen LogP contribution >= 0.6 is 0 Å². The predicted octanol–water partition coefficient (Wildman–Crippen LogP) is 0.724. The van der Waals surface area contributed by atoms with E-state index in [4.69, 9.17) is 5.73 Å². The Labute approximate surface area is 83.9 Å². The van der Waals surface area contributed by atoms with Crippen molar-refractivity contribution < 1.29 is 0 Å². The van der Waals surface area contributed by atoms with Gasteiger partial charge in [-0.25, -0.2) is 9.97 Å². The Morgan fingerprint density at radius 2 is 2.43 bits per heavy atom. The third-order valence-corrected chi connectivity index (χ3v) is 2.40. The number of hydrogen-bond acceptors (Lipinski definition) is 4. The summed E-state index contributed by atoms with van der Waals surface area (Å²) >= 11 is 0. The van der Waals surface area contributed by atoms with Crippen LogP contribution in [0.2, 0.25) is 0 Å². The maximum atomic E-state index is 5.63.